The molecule has 1 aliphatic heterocycles. The number of hydrogen-bond donors (Lipinski definition) is 0. The molecule has 0 aromatic carbocycles. The summed E-state index contributed by atoms with van der Waals surface area (Å²) in [5.74, 6) is 0.297. The summed E-state index contributed by atoms with van der Waals surface area (Å²) in [7, 11) is 0. The van der Waals surface area contributed by atoms with Crippen LogP contribution >= 0.6 is 0 Å². The number of carbonyl (C=O) groups is 1. The summed E-state index contributed by atoms with van der Waals surface area (Å²) in [6.07, 6.45) is 0.638. The second-order valence-electron chi connectivity index (χ2n) is 7.61. The maximum Gasteiger partial charge on any atom is 0.223 e. The van der Waals surface area contributed by atoms with Gasteiger partial charge in [0.2, 0.25) is 5.91 Å². The van der Waals surface area contributed by atoms with Crippen molar-refractivity contribution in [3.63, 3.8) is 0 Å². The van der Waals surface area contributed by atoms with Crippen LogP contribution in [0.5, 0.6) is 0 Å². The fraction of sp³-hybridized carbons (Fsp3) is 0.765. The van der Waals surface area contributed by atoms with E-state index in [1.54, 1.807) is 0 Å². The first kappa shape index (κ1) is 17.0. The third-order valence-electron chi connectivity index (χ3n) is 4.14. The number of aryl methyl sites for hydroxylation is 2. The van der Waals surface area contributed by atoms with Crippen LogP contribution in [0.2, 0.25) is 0 Å². The molecule has 5 heteroatoms. The summed E-state index contributed by atoms with van der Waals surface area (Å²) in [6.45, 7) is 16.1. The molecule has 2 heterocycles. The Morgan fingerprint density at radius 2 is 1.77 bits per heavy atom. The molecule has 0 radical (unpaired) electrons. The Bertz CT molecular complexity index is 507. The van der Waals surface area contributed by atoms with Crippen LogP contribution in [0.15, 0.2) is 6.07 Å². The van der Waals surface area contributed by atoms with Gasteiger partial charge in [-0.1, -0.05) is 20.8 Å². The quantitative estimate of drug-likeness (QED) is 0.855. The molecule has 0 unspecified atom stereocenters. The monoisotopic (exact) mass is 306 g/mol. The van der Waals surface area contributed by atoms with Crippen molar-refractivity contribution in [2.24, 2.45) is 5.41 Å². The van der Waals surface area contributed by atoms with E-state index in [1.165, 1.54) is 5.69 Å². The second-order valence-corrected chi connectivity index (χ2v) is 7.61. The molecule has 22 heavy (non-hydrogen) atoms. The zero-order valence-corrected chi connectivity index (χ0v) is 14.7. The minimum atomic E-state index is 0.0731. The van der Waals surface area contributed by atoms with Crippen LogP contribution < -0.4 is 0 Å². The van der Waals surface area contributed by atoms with Gasteiger partial charge in [-0.3, -0.25) is 14.4 Å². The third kappa shape index (κ3) is 4.83. The van der Waals surface area contributed by atoms with Gasteiger partial charge in [-0.2, -0.15) is 5.10 Å². The number of carbonyl (C=O) groups excluding carboxylic acids is 1. The molecule has 1 aromatic rings. The topological polar surface area (TPSA) is 41.4 Å². The van der Waals surface area contributed by atoms with Crippen LogP contribution in [0, 0.1) is 19.3 Å². The molecule has 124 valence electrons. The van der Waals surface area contributed by atoms with Gasteiger partial charge in [0.05, 0.1) is 12.2 Å². The van der Waals surface area contributed by atoms with Crippen molar-refractivity contribution in [1.82, 2.24) is 19.6 Å². The van der Waals surface area contributed by atoms with Gasteiger partial charge >= 0.3 is 0 Å². The van der Waals surface area contributed by atoms with E-state index in [0.29, 0.717) is 12.3 Å². The zero-order chi connectivity index (χ0) is 16.3. The maximum absolute atomic E-state index is 12.2. The van der Waals surface area contributed by atoms with Crippen molar-refractivity contribution in [3.8, 4) is 0 Å². The number of rotatable bonds is 4. The third-order valence-corrected chi connectivity index (χ3v) is 4.14. The first-order chi connectivity index (χ1) is 10.2. The molecule has 0 saturated carbocycles. The lowest BCUT2D eigenvalue weighted by molar-refractivity contribution is -0.134. The van der Waals surface area contributed by atoms with E-state index in [0.717, 1.165) is 45.0 Å². The lowest BCUT2D eigenvalue weighted by Crippen LogP contribution is -2.49. The summed E-state index contributed by atoms with van der Waals surface area (Å²) < 4.78 is 2.08. The van der Waals surface area contributed by atoms with Crippen LogP contribution in [0.3, 0.4) is 0 Å². The normalized spacial score (nSPS) is 17.0. The number of hydrogen-bond acceptors (Lipinski definition) is 3. The molecular weight excluding hydrogens is 276 g/mol. The predicted octanol–water partition coefficient (Wildman–Crippen LogP) is 2.08. The van der Waals surface area contributed by atoms with Gasteiger partial charge in [0.15, 0.2) is 0 Å². The molecule has 0 aliphatic carbocycles. The Morgan fingerprint density at radius 3 is 2.27 bits per heavy atom. The van der Waals surface area contributed by atoms with Crippen molar-refractivity contribution in [1.29, 1.82) is 0 Å². The number of nitrogens with zero attached hydrogens (tertiary/aromatic N) is 4. The molecule has 1 aliphatic rings. The molecule has 0 bridgehead atoms. The molecule has 1 saturated heterocycles. The van der Waals surface area contributed by atoms with Crippen molar-refractivity contribution in [3.05, 3.63) is 17.5 Å². The van der Waals surface area contributed by atoms with Gasteiger partial charge < -0.3 is 4.90 Å². The van der Waals surface area contributed by atoms with Crippen molar-refractivity contribution in [2.45, 2.75) is 47.6 Å². The molecule has 0 atom stereocenters. The molecule has 0 N–H and O–H groups in total. The highest BCUT2D eigenvalue weighted by Gasteiger charge is 2.24. The average molecular weight is 306 g/mol. The van der Waals surface area contributed by atoms with Gasteiger partial charge in [0.25, 0.3) is 0 Å². The van der Waals surface area contributed by atoms with E-state index in [-0.39, 0.29) is 5.41 Å². The SMILES string of the molecule is Cc1cc(C)n(CCN2CCN(C(=O)CC(C)(C)C)CC2)n1. The zero-order valence-electron chi connectivity index (χ0n) is 14.7. The second kappa shape index (κ2) is 6.82. The van der Waals surface area contributed by atoms with E-state index in [4.69, 9.17) is 0 Å². The van der Waals surface area contributed by atoms with Crippen LogP contribution in [0.25, 0.3) is 0 Å². The van der Waals surface area contributed by atoms with Crippen LogP contribution in [0.1, 0.15) is 38.6 Å². The molecule has 5 nitrogen and oxygen atoms in total. The number of amides is 1. The van der Waals surface area contributed by atoms with E-state index in [9.17, 15) is 4.79 Å². The molecule has 1 amide bonds. The van der Waals surface area contributed by atoms with E-state index in [1.807, 2.05) is 11.8 Å². The first-order valence-corrected chi connectivity index (χ1v) is 8.26. The minimum absolute atomic E-state index is 0.0731. The number of aromatic nitrogens is 2. The van der Waals surface area contributed by atoms with Gasteiger partial charge in [-0.05, 0) is 25.3 Å². The Kier molecular flexibility index (Phi) is 5.27. The Hall–Kier alpha value is -1.36. The summed E-state index contributed by atoms with van der Waals surface area (Å²) in [6, 6.07) is 2.11. The molecule has 1 aromatic heterocycles. The van der Waals surface area contributed by atoms with Gasteiger partial charge in [-0.15, -0.1) is 0 Å². The highest BCUT2D eigenvalue weighted by molar-refractivity contribution is 5.76. The van der Waals surface area contributed by atoms with Crippen molar-refractivity contribution in [2.75, 3.05) is 32.7 Å². The molecule has 1 fully saturated rings. The summed E-state index contributed by atoms with van der Waals surface area (Å²) in [5.41, 5.74) is 2.37. The summed E-state index contributed by atoms with van der Waals surface area (Å²) in [4.78, 5) is 16.7. The van der Waals surface area contributed by atoms with E-state index < -0.39 is 0 Å². The Labute approximate surface area is 134 Å². The highest BCUT2D eigenvalue weighted by Crippen LogP contribution is 2.20. The van der Waals surface area contributed by atoms with Crippen LogP contribution in [-0.2, 0) is 11.3 Å². The lowest BCUT2D eigenvalue weighted by Gasteiger charge is -2.36. The molecular formula is C17H30N4O. The molecule has 2 rings (SSSR count). The maximum atomic E-state index is 12.2. The average Bonchev–Trinajstić information content (AvgIpc) is 2.73. The first-order valence-electron chi connectivity index (χ1n) is 8.26. The Morgan fingerprint density at radius 1 is 1.14 bits per heavy atom. The fourth-order valence-corrected chi connectivity index (χ4v) is 2.92. The van der Waals surface area contributed by atoms with Crippen molar-refractivity contribution < 1.29 is 4.79 Å². The number of piperazine rings is 1. The predicted molar refractivity (Wildman–Crippen MR) is 88.8 cm³/mol. The standard InChI is InChI=1S/C17H30N4O/c1-14-12-15(2)21(18-14)11-8-19-6-9-20(10-7-19)16(22)13-17(3,4)5/h12H,6-11,13H2,1-5H3. The minimum Gasteiger partial charge on any atom is -0.340 e. The van der Waals surface area contributed by atoms with E-state index in [2.05, 4.69) is 48.4 Å². The fourth-order valence-electron chi connectivity index (χ4n) is 2.92. The van der Waals surface area contributed by atoms with Gasteiger partial charge in [-0.25, -0.2) is 0 Å². The van der Waals surface area contributed by atoms with E-state index >= 15 is 0 Å². The van der Waals surface area contributed by atoms with Gasteiger partial charge in [0.1, 0.15) is 0 Å². The lowest BCUT2D eigenvalue weighted by atomic mass is 9.91. The van der Waals surface area contributed by atoms with Crippen LogP contribution in [0.4, 0.5) is 0 Å². The highest BCUT2D eigenvalue weighted by atomic mass is 16.2. The summed E-state index contributed by atoms with van der Waals surface area (Å²) >= 11 is 0. The smallest absolute Gasteiger partial charge is 0.223 e. The largest absolute Gasteiger partial charge is 0.340 e. The Balaban J connectivity index is 1.75. The van der Waals surface area contributed by atoms with Crippen molar-refractivity contribution >= 4 is 5.91 Å². The summed E-state index contributed by atoms with van der Waals surface area (Å²) in [5, 5.41) is 4.50. The van der Waals surface area contributed by atoms with Crippen LogP contribution in [-0.4, -0.2) is 58.2 Å². The van der Waals surface area contributed by atoms with Gasteiger partial charge in [0, 0.05) is 44.8 Å². The molecule has 0 spiro atoms.